The topological polar surface area (TPSA) is 67.4 Å². The summed E-state index contributed by atoms with van der Waals surface area (Å²) in [6.07, 6.45) is 0. The lowest BCUT2D eigenvalue weighted by molar-refractivity contribution is 0.0603. The monoisotopic (exact) mass is 366 g/mol. The number of anilines is 2. The lowest BCUT2D eigenvalue weighted by Crippen LogP contribution is -2.20. The molecule has 0 aliphatic heterocycles. The molecule has 0 fully saturated rings. The average Bonchev–Trinajstić information content (AvgIpc) is 2.98. The largest absolute Gasteiger partial charge is 0.465 e. The number of thiophene rings is 1. The van der Waals surface area contributed by atoms with E-state index in [0.717, 1.165) is 16.0 Å². The fourth-order valence-electron chi connectivity index (χ4n) is 2.67. The highest BCUT2D eigenvalue weighted by atomic mass is 32.1. The van der Waals surface area contributed by atoms with Gasteiger partial charge in [-0.2, -0.15) is 0 Å². The number of para-hydroxylation sites is 1. The Kier molecular flexibility index (Phi) is 5.34. The molecule has 1 heterocycles. The van der Waals surface area contributed by atoms with Crippen LogP contribution in [-0.4, -0.2) is 19.1 Å². The molecule has 2 amide bonds. The summed E-state index contributed by atoms with van der Waals surface area (Å²) >= 11 is 1.35. The van der Waals surface area contributed by atoms with Crippen LogP contribution in [0.1, 0.15) is 15.2 Å². The van der Waals surface area contributed by atoms with Gasteiger partial charge in [-0.1, -0.05) is 48.5 Å². The van der Waals surface area contributed by atoms with Crippen molar-refractivity contribution in [1.82, 2.24) is 0 Å². The fourth-order valence-corrected chi connectivity index (χ4v) is 3.73. The van der Waals surface area contributed by atoms with Gasteiger partial charge in [0.2, 0.25) is 0 Å². The van der Waals surface area contributed by atoms with Gasteiger partial charge in [0, 0.05) is 16.1 Å². The molecule has 2 aromatic carbocycles. The summed E-state index contributed by atoms with van der Waals surface area (Å²) in [5.41, 5.74) is 2.71. The van der Waals surface area contributed by atoms with Crippen molar-refractivity contribution >= 4 is 34.0 Å². The quantitative estimate of drug-likeness (QED) is 0.627. The van der Waals surface area contributed by atoms with Crippen molar-refractivity contribution in [3.63, 3.8) is 0 Å². The fraction of sp³-hybridized carbons (Fsp3) is 0.100. The number of esters is 1. The minimum absolute atomic E-state index is 0.365. The third-order valence-corrected chi connectivity index (χ3v) is 4.82. The van der Waals surface area contributed by atoms with E-state index in [0.29, 0.717) is 16.3 Å². The first-order chi connectivity index (χ1) is 12.6. The molecule has 26 heavy (non-hydrogen) atoms. The molecule has 0 spiro atoms. The molecule has 0 saturated heterocycles. The van der Waals surface area contributed by atoms with Crippen LogP contribution in [0.3, 0.4) is 0 Å². The van der Waals surface area contributed by atoms with Crippen LogP contribution in [-0.2, 0) is 4.74 Å². The van der Waals surface area contributed by atoms with Gasteiger partial charge in [0.25, 0.3) is 0 Å². The molecule has 0 bridgehead atoms. The first kappa shape index (κ1) is 17.7. The molecular formula is C20H18N2O3S. The predicted octanol–water partition coefficient (Wildman–Crippen LogP) is 5.15. The van der Waals surface area contributed by atoms with Crippen LogP contribution in [0, 0.1) is 6.92 Å². The van der Waals surface area contributed by atoms with Crippen LogP contribution in [0.4, 0.5) is 15.5 Å². The van der Waals surface area contributed by atoms with Crippen molar-refractivity contribution < 1.29 is 14.3 Å². The van der Waals surface area contributed by atoms with Gasteiger partial charge < -0.3 is 10.1 Å². The zero-order valence-electron chi connectivity index (χ0n) is 14.4. The first-order valence-electron chi connectivity index (χ1n) is 8.00. The first-order valence-corrected chi connectivity index (χ1v) is 8.82. The Morgan fingerprint density at radius 1 is 0.923 bits per heavy atom. The normalized spacial score (nSPS) is 10.2. The van der Waals surface area contributed by atoms with Gasteiger partial charge in [0.1, 0.15) is 10.6 Å². The molecule has 3 rings (SSSR count). The second-order valence-corrected chi connectivity index (χ2v) is 6.76. The van der Waals surface area contributed by atoms with E-state index < -0.39 is 12.0 Å². The highest BCUT2D eigenvalue weighted by Crippen LogP contribution is 2.40. The third-order valence-electron chi connectivity index (χ3n) is 3.79. The van der Waals surface area contributed by atoms with E-state index in [2.05, 4.69) is 10.6 Å². The van der Waals surface area contributed by atoms with Crippen molar-refractivity contribution in [3.8, 4) is 11.1 Å². The van der Waals surface area contributed by atoms with E-state index >= 15 is 0 Å². The summed E-state index contributed by atoms with van der Waals surface area (Å²) in [6.45, 7) is 1.92. The Morgan fingerprint density at radius 3 is 2.15 bits per heavy atom. The molecule has 2 N–H and O–H groups in total. The second-order valence-electron chi connectivity index (χ2n) is 5.54. The maximum atomic E-state index is 12.4. The van der Waals surface area contributed by atoms with Gasteiger partial charge >= 0.3 is 12.0 Å². The van der Waals surface area contributed by atoms with Gasteiger partial charge in [0.05, 0.1) is 7.11 Å². The van der Waals surface area contributed by atoms with Crippen molar-refractivity contribution in [2.45, 2.75) is 6.92 Å². The number of benzene rings is 2. The standard InChI is InChI=1S/C20H18N2O3S/c1-13-16(14-9-5-3-6-10-14)17(19(23)25-2)18(26-13)22-20(24)21-15-11-7-4-8-12-15/h3-12H,1-2H3,(H2,21,22,24). The molecule has 0 atom stereocenters. The van der Waals surface area contributed by atoms with Crippen LogP contribution < -0.4 is 10.6 Å². The molecule has 3 aromatic rings. The number of ether oxygens (including phenoxy) is 1. The summed E-state index contributed by atoms with van der Waals surface area (Å²) in [4.78, 5) is 25.7. The molecule has 0 aliphatic rings. The number of urea groups is 1. The molecule has 0 radical (unpaired) electrons. The van der Waals surface area contributed by atoms with Crippen molar-refractivity contribution in [3.05, 3.63) is 71.1 Å². The van der Waals surface area contributed by atoms with E-state index in [-0.39, 0.29) is 0 Å². The van der Waals surface area contributed by atoms with Gasteiger partial charge in [-0.3, -0.25) is 5.32 Å². The number of carbonyl (C=O) groups is 2. The van der Waals surface area contributed by atoms with Crippen molar-refractivity contribution in [2.75, 3.05) is 17.7 Å². The van der Waals surface area contributed by atoms with Gasteiger partial charge in [-0.25, -0.2) is 9.59 Å². The van der Waals surface area contributed by atoms with E-state index in [1.165, 1.54) is 18.4 Å². The maximum absolute atomic E-state index is 12.4. The Bertz CT molecular complexity index is 921. The second kappa shape index (κ2) is 7.84. The number of hydrogen-bond acceptors (Lipinski definition) is 4. The molecular weight excluding hydrogens is 348 g/mol. The number of amides is 2. The van der Waals surface area contributed by atoms with E-state index in [9.17, 15) is 9.59 Å². The molecule has 0 saturated carbocycles. The Morgan fingerprint density at radius 2 is 1.54 bits per heavy atom. The molecule has 5 nitrogen and oxygen atoms in total. The summed E-state index contributed by atoms with van der Waals surface area (Å²) in [6, 6.07) is 18.3. The summed E-state index contributed by atoms with van der Waals surface area (Å²) < 4.78 is 4.95. The SMILES string of the molecule is COC(=O)c1c(NC(=O)Nc2ccccc2)sc(C)c1-c1ccccc1. The zero-order chi connectivity index (χ0) is 18.5. The van der Waals surface area contributed by atoms with Crippen molar-refractivity contribution in [2.24, 2.45) is 0 Å². The average molecular weight is 366 g/mol. The third kappa shape index (κ3) is 3.75. The van der Waals surface area contributed by atoms with Gasteiger partial charge in [-0.15, -0.1) is 11.3 Å². The van der Waals surface area contributed by atoms with E-state index in [1.54, 1.807) is 12.1 Å². The minimum Gasteiger partial charge on any atom is -0.465 e. The van der Waals surface area contributed by atoms with Crippen LogP contribution in [0.15, 0.2) is 60.7 Å². The number of carbonyl (C=O) groups excluding carboxylic acids is 2. The molecule has 0 unspecified atom stereocenters. The molecule has 1 aromatic heterocycles. The Hall–Kier alpha value is -3.12. The summed E-state index contributed by atoms with van der Waals surface area (Å²) in [5.74, 6) is -0.483. The molecule has 0 aliphatic carbocycles. The lowest BCUT2D eigenvalue weighted by atomic mass is 10.0. The zero-order valence-corrected chi connectivity index (χ0v) is 15.2. The van der Waals surface area contributed by atoms with Crippen LogP contribution >= 0.6 is 11.3 Å². The highest BCUT2D eigenvalue weighted by Gasteiger charge is 2.25. The lowest BCUT2D eigenvalue weighted by Gasteiger charge is -2.09. The number of hydrogen-bond donors (Lipinski definition) is 2. The summed E-state index contributed by atoms with van der Waals surface area (Å²) in [5, 5.41) is 5.98. The Balaban J connectivity index is 1.94. The smallest absolute Gasteiger partial charge is 0.341 e. The van der Waals surface area contributed by atoms with Crippen LogP contribution in [0.5, 0.6) is 0 Å². The maximum Gasteiger partial charge on any atom is 0.341 e. The van der Waals surface area contributed by atoms with Gasteiger partial charge in [0.15, 0.2) is 0 Å². The van der Waals surface area contributed by atoms with Crippen molar-refractivity contribution in [1.29, 1.82) is 0 Å². The van der Waals surface area contributed by atoms with Crippen LogP contribution in [0.2, 0.25) is 0 Å². The minimum atomic E-state index is -0.483. The number of nitrogens with one attached hydrogen (secondary N) is 2. The Labute approximate surface area is 155 Å². The van der Waals surface area contributed by atoms with Crippen LogP contribution in [0.25, 0.3) is 11.1 Å². The van der Waals surface area contributed by atoms with Gasteiger partial charge in [-0.05, 0) is 24.6 Å². The number of rotatable bonds is 4. The van der Waals surface area contributed by atoms with E-state index in [4.69, 9.17) is 4.74 Å². The highest BCUT2D eigenvalue weighted by molar-refractivity contribution is 7.17. The number of methoxy groups -OCH3 is 1. The molecule has 6 heteroatoms. The number of aryl methyl sites for hydroxylation is 1. The molecule has 132 valence electrons. The summed E-state index contributed by atoms with van der Waals surface area (Å²) in [7, 11) is 1.33. The predicted molar refractivity (Wildman–Crippen MR) is 105 cm³/mol. The van der Waals surface area contributed by atoms with E-state index in [1.807, 2.05) is 55.5 Å².